The molecule has 0 amide bonds. The molecular weight excluding hydrogens is 228 g/mol. The van der Waals surface area contributed by atoms with Gasteiger partial charge in [0.25, 0.3) is 0 Å². The maximum atomic E-state index is 11.4. The van der Waals surface area contributed by atoms with E-state index in [0.717, 1.165) is 11.3 Å². The highest BCUT2D eigenvalue weighted by Gasteiger charge is 2.04. The molecule has 1 aromatic carbocycles. The first-order valence-electron chi connectivity index (χ1n) is 6.13. The number of ether oxygens (including phenoxy) is 2. The molecular formula is C15H20O3. The van der Waals surface area contributed by atoms with E-state index in [0.29, 0.717) is 0 Å². The van der Waals surface area contributed by atoms with Gasteiger partial charge in [0, 0.05) is 11.6 Å². The molecule has 0 fully saturated rings. The second-order valence-electron chi connectivity index (χ2n) is 4.52. The lowest BCUT2D eigenvalue weighted by Crippen LogP contribution is -2.08. The first-order chi connectivity index (χ1) is 8.49. The van der Waals surface area contributed by atoms with Crippen LogP contribution in [0.4, 0.5) is 0 Å². The zero-order chi connectivity index (χ0) is 13.5. The van der Waals surface area contributed by atoms with Crippen LogP contribution in [0.15, 0.2) is 30.3 Å². The molecule has 0 saturated carbocycles. The van der Waals surface area contributed by atoms with Gasteiger partial charge in [-0.2, -0.15) is 0 Å². The number of carbonyl (C=O) groups excluding carboxylic acids is 1. The monoisotopic (exact) mass is 248 g/mol. The molecule has 0 saturated heterocycles. The van der Waals surface area contributed by atoms with E-state index < -0.39 is 0 Å². The summed E-state index contributed by atoms with van der Waals surface area (Å²) in [5, 5.41) is 0. The van der Waals surface area contributed by atoms with E-state index in [2.05, 4.69) is 0 Å². The molecule has 0 N–H and O–H groups in total. The molecule has 0 aromatic heterocycles. The van der Waals surface area contributed by atoms with Crippen molar-refractivity contribution in [2.24, 2.45) is 0 Å². The molecule has 3 heteroatoms. The van der Waals surface area contributed by atoms with Crippen LogP contribution in [0.3, 0.4) is 0 Å². The number of rotatable bonds is 5. The van der Waals surface area contributed by atoms with E-state index in [9.17, 15) is 4.79 Å². The Balaban J connectivity index is 2.77. The minimum absolute atomic E-state index is 0.0992. The van der Waals surface area contributed by atoms with Gasteiger partial charge in [-0.25, -0.2) is 4.79 Å². The zero-order valence-electron chi connectivity index (χ0n) is 11.3. The summed E-state index contributed by atoms with van der Waals surface area (Å²) in [4.78, 5) is 11.4. The highest BCUT2D eigenvalue weighted by molar-refractivity contribution is 5.87. The molecule has 0 aliphatic carbocycles. The predicted octanol–water partition coefficient (Wildman–Crippen LogP) is 3.44. The molecule has 1 aromatic rings. The van der Waals surface area contributed by atoms with Crippen LogP contribution >= 0.6 is 0 Å². The molecule has 0 atom stereocenters. The summed E-state index contributed by atoms with van der Waals surface area (Å²) in [6.07, 6.45) is 3.12. The number of esters is 1. The number of para-hydroxylation sites is 1. The standard InChI is InChI=1S/C15H20O3/c1-11(2)17-14-8-6-5-7-13(14)9-10-15(16)18-12(3)4/h5-12H,1-4H3/b10-9+. The number of hydrogen-bond acceptors (Lipinski definition) is 3. The van der Waals surface area contributed by atoms with Crippen LogP contribution in [0.1, 0.15) is 33.3 Å². The van der Waals surface area contributed by atoms with E-state index in [4.69, 9.17) is 9.47 Å². The summed E-state index contributed by atoms with van der Waals surface area (Å²) in [7, 11) is 0. The Morgan fingerprint density at radius 3 is 2.39 bits per heavy atom. The van der Waals surface area contributed by atoms with Crippen molar-refractivity contribution in [3.8, 4) is 5.75 Å². The lowest BCUT2D eigenvalue weighted by molar-refractivity contribution is -0.141. The third kappa shape index (κ3) is 5.04. The number of benzene rings is 1. The number of hydrogen-bond donors (Lipinski definition) is 0. The zero-order valence-corrected chi connectivity index (χ0v) is 11.3. The van der Waals surface area contributed by atoms with Crippen LogP contribution in [0, 0.1) is 0 Å². The largest absolute Gasteiger partial charge is 0.490 e. The van der Waals surface area contributed by atoms with Gasteiger partial charge >= 0.3 is 5.97 Å². The van der Waals surface area contributed by atoms with Gasteiger partial charge in [0.15, 0.2) is 0 Å². The second-order valence-corrected chi connectivity index (χ2v) is 4.52. The summed E-state index contributed by atoms with van der Waals surface area (Å²) in [5.74, 6) is 0.422. The van der Waals surface area contributed by atoms with Crippen molar-refractivity contribution >= 4 is 12.0 Å². The molecule has 1 rings (SSSR count). The quantitative estimate of drug-likeness (QED) is 0.591. The highest BCUT2D eigenvalue weighted by atomic mass is 16.5. The second kappa shape index (κ2) is 6.84. The molecule has 0 bridgehead atoms. The van der Waals surface area contributed by atoms with Gasteiger partial charge in [-0.3, -0.25) is 0 Å². The van der Waals surface area contributed by atoms with Crippen molar-refractivity contribution in [1.82, 2.24) is 0 Å². The van der Waals surface area contributed by atoms with Crippen molar-refractivity contribution in [3.63, 3.8) is 0 Å². The summed E-state index contributed by atoms with van der Waals surface area (Å²) < 4.78 is 10.7. The van der Waals surface area contributed by atoms with Gasteiger partial charge in [-0.15, -0.1) is 0 Å². The molecule has 0 aliphatic rings. The highest BCUT2D eigenvalue weighted by Crippen LogP contribution is 2.20. The van der Waals surface area contributed by atoms with Crippen LogP contribution in [-0.2, 0) is 9.53 Å². The molecule has 3 nitrogen and oxygen atoms in total. The van der Waals surface area contributed by atoms with E-state index >= 15 is 0 Å². The molecule has 0 radical (unpaired) electrons. The average molecular weight is 248 g/mol. The minimum Gasteiger partial charge on any atom is -0.490 e. The van der Waals surface area contributed by atoms with Crippen LogP contribution in [-0.4, -0.2) is 18.2 Å². The van der Waals surface area contributed by atoms with Crippen LogP contribution in [0.5, 0.6) is 5.75 Å². The van der Waals surface area contributed by atoms with Crippen molar-refractivity contribution in [2.75, 3.05) is 0 Å². The van der Waals surface area contributed by atoms with E-state index in [1.54, 1.807) is 6.08 Å². The van der Waals surface area contributed by atoms with Crippen molar-refractivity contribution in [2.45, 2.75) is 39.9 Å². The SMILES string of the molecule is CC(C)OC(=O)/C=C/c1ccccc1OC(C)C. The lowest BCUT2D eigenvalue weighted by Gasteiger charge is -2.12. The third-order valence-corrected chi connectivity index (χ3v) is 2.03. The molecule has 0 unspecified atom stereocenters. The van der Waals surface area contributed by atoms with Gasteiger partial charge in [0.2, 0.25) is 0 Å². The summed E-state index contributed by atoms with van der Waals surface area (Å²) in [6, 6.07) is 7.59. The minimum atomic E-state index is -0.343. The van der Waals surface area contributed by atoms with Crippen LogP contribution in [0.2, 0.25) is 0 Å². The number of carbonyl (C=O) groups is 1. The topological polar surface area (TPSA) is 35.5 Å². The Hall–Kier alpha value is -1.77. The molecule has 0 aliphatic heterocycles. The maximum absolute atomic E-state index is 11.4. The fourth-order valence-corrected chi connectivity index (χ4v) is 1.41. The van der Waals surface area contributed by atoms with Gasteiger partial charge in [0.05, 0.1) is 12.2 Å². The van der Waals surface area contributed by atoms with E-state index in [1.165, 1.54) is 6.08 Å². The Bertz CT molecular complexity index is 420. The Morgan fingerprint density at radius 1 is 1.11 bits per heavy atom. The van der Waals surface area contributed by atoms with Crippen molar-refractivity contribution in [3.05, 3.63) is 35.9 Å². The van der Waals surface area contributed by atoms with Gasteiger partial charge in [-0.1, -0.05) is 18.2 Å². The molecule has 0 spiro atoms. The van der Waals surface area contributed by atoms with Crippen molar-refractivity contribution in [1.29, 1.82) is 0 Å². The smallest absolute Gasteiger partial charge is 0.331 e. The summed E-state index contributed by atoms with van der Waals surface area (Å²) >= 11 is 0. The summed E-state index contributed by atoms with van der Waals surface area (Å²) in [6.45, 7) is 7.57. The molecule has 18 heavy (non-hydrogen) atoms. The van der Waals surface area contributed by atoms with Crippen LogP contribution in [0.25, 0.3) is 6.08 Å². The van der Waals surface area contributed by atoms with E-state index in [-0.39, 0.29) is 18.2 Å². The van der Waals surface area contributed by atoms with Gasteiger partial charge < -0.3 is 9.47 Å². The Labute approximate surface area is 108 Å². The fraction of sp³-hybridized carbons (Fsp3) is 0.400. The van der Waals surface area contributed by atoms with Crippen LogP contribution < -0.4 is 4.74 Å². The van der Waals surface area contributed by atoms with Gasteiger partial charge in [-0.05, 0) is 39.8 Å². The first-order valence-corrected chi connectivity index (χ1v) is 6.13. The first kappa shape index (κ1) is 14.3. The maximum Gasteiger partial charge on any atom is 0.331 e. The van der Waals surface area contributed by atoms with E-state index in [1.807, 2.05) is 52.0 Å². The Morgan fingerprint density at radius 2 is 1.78 bits per heavy atom. The lowest BCUT2D eigenvalue weighted by atomic mass is 10.2. The summed E-state index contributed by atoms with van der Waals surface area (Å²) in [5.41, 5.74) is 0.868. The van der Waals surface area contributed by atoms with Crippen molar-refractivity contribution < 1.29 is 14.3 Å². The third-order valence-electron chi connectivity index (χ3n) is 2.03. The molecule has 98 valence electrons. The Kier molecular flexibility index (Phi) is 5.43. The normalized spacial score (nSPS) is 11.2. The average Bonchev–Trinajstić information content (AvgIpc) is 2.26. The predicted molar refractivity (Wildman–Crippen MR) is 72.5 cm³/mol. The van der Waals surface area contributed by atoms with Gasteiger partial charge in [0.1, 0.15) is 5.75 Å². The fourth-order valence-electron chi connectivity index (χ4n) is 1.41. The molecule has 0 heterocycles.